The molecule has 10 heteroatoms. The number of imide groups is 1. The van der Waals surface area contributed by atoms with Gasteiger partial charge >= 0.3 is 0 Å². The van der Waals surface area contributed by atoms with Gasteiger partial charge in [-0.05, 0) is 12.3 Å². The zero-order valence-corrected chi connectivity index (χ0v) is 15.6. The van der Waals surface area contributed by atoms with Crippen LogP contribution in [0.15, 0.2) is 0 Å². The van der Waals surface area contributed by atoms with Crippen LogP contribution in [0.4, 0.5) is 0 Å². The molecule has 1 aliphatic rings. The Bertz CT molecular complexity index is 705. The minimum atomic E-state index is -1.10. The van der Waals surface area contributed by atoms with E-state index in [4.69, 9.17) is 52.2 Å². The van der Waals surface area contributed by atoms with Crippen molar-refractivity contribution in [3.05, 3.63) is 31.2 Å². The van der Waals surface area contributed by atoms with Gasteiger partial charge in [0.15, 0.2) is 0 Å². The topological polar surface area (TPSA) is 92.5 Å². The third-order valence-corrected chi connectivity index (χ3v) is 5.39. The van der Waals surface area contributed by atoms with E-state index in [1.165, 1.54) is 0 Å². The second-order valence-corrected chi connectivity index (χ2v) is 7.15. The molecule has 1 aromatic rings. The summed E-state index contributed by atoms with van der Waals surface area (Å²) in [6.45, 7) is 3.67. The van der Waals surface area contributed by atoms with Crippen molar-refractivity contribution in [3.63, 3.8) is 0 Å². The van der Waals surface area contributed by atoms with Gasteiger partial charge in [-0.3, -0.25) is 24.7 Å². The molecule has 0 aromatic heterocycles. The lowest BCUT2D eigenvalue weighted by Gasteiger charge is -2.25. The third kappa shape index (κ3) is 2.97. The van der Waals surface area contributed by atoms with Crippen molar-refractivity contribution >= 4 is 64.1 Å². The van der Waals surface area contributed by atoms with Gasteiger partial charge in [-0.25, -0.2) is 5.84 Å². The van der Waals surface area contributed by atoms with Crippen molar-refractivity contribution in [2.24, 2.45) is 11.8 Å². The molecule has 1 aliphatic heterocycles. The molecule has 1 heterocycles. The van der Waals surface area contributed by atoms with E-state index >= 15 is 0 Å². The molecule has 0 saturated heterocycles. The van der Waals surface area contributed by atoms with Gasteiger partial charge in [-0.15, -0.1) is 0 Å². The molecular formula is C14H13Cl4N3O3. The lowest BCUT2D eigenvalue weighted by atomic mass is 10.0. The number of halogens is 4. The van der Waals surface area contributed by atoms with Crippen LogP contribution in [0, 0.1) is 5.92 Å². The average Bonchev–Trinajstić information content (AvgIpc) is 2.78. The van der Waals surface area contributed by atoms with E-state index in [1.54, 1.807) is 0 Å². The van der Waals surface area contributed by atoms with Crippen LogP contribution in [0.25, 0.3) is 0 Å². The van der Waals surface area contributed by atoms with E-state index in [2.05, 4.69) is 0 Å². The first-order valence-corrected chi connectivity index (χ1v) is 8.38. The molecule has 0 saturated carbocycles. The fourth-order valence-electron chi connectivity index (χ4n) is 2.52. The van der Waals surface area contributed by atoms with Gasteiger partial charge in [0.05, 0.1) is 31.2 Å². The first-order valence-electron chi connectivity index (χ1n) is 6.87. The number of nitrogens with one attached hydrogen (secondary N) is 1. The first-order chi connectivity index (χ1) is 11.1. The molecular weight excluding hydrogens is 400 g/mol. The van der Waals surface area contributed by atoms with Crippen LogP contribution < -0.4 is 11.3 Å². The molecule has 1 aromatic carbocycles. The predicted molar refractivity (Wildman–Crippen MR) is 92.6 cm³/mol. The maximum absolute atomic E-state index is 12.7. The van der Waals surface area contributed by atoms with Crippen LogP contribution >= 0.6 is 46.4 Å². The average molecular weight is 413 g/mol. The van der Waals surface area contributed by atoms with Gasteiger partial charge in [-0.1, -0.05) is 60.3 Å². The second-order valence-electron chi connectivity index (χ2n) is 5.64. The van der Waals surface area contributed by atoms with Crippen LogP contribution in [0.5, 0.6) is 0 Å². The van der Waals surface area contributed by atoms with E-state index < -0.39 is 23.8 Å². The van der Waals surface area contributed by atoms with Crippen molar-refractivity contribution < 1.29 is 14.4 Å². The zero-order valence-electron chi connectivity index (χ0n) is 12.6. The van der Waals surface area contributed by atoms with E-state index in [0.717, 1.165) is 4.90 Å². The van der Waals surface area contributed by atoms with Crippen molar-refractivity contribution in [3.8, 4) is 0 Å². The van der Waals surface area contributed by atoms with Crippen molar-refractivity contribution in [1.29, 1.82) is 0 Å². The molecule has 1 unspecified atom stereocenters. The molecule has 24 heavy (non-hydrogen) atoms. The Morgan fingerprint density at radius 2 is 1.42 bits per heavy atom. The summed E-state index contributed by atoms with van der Waals surface area (Å²) in [5.74, 6) is 2.97. The van der Waals surface area contributed by atoms with E-state index in [-0.39, 0.29) is 43.6 Å². The van der Waals surface area contributed by atoms with Crippen molar-refractivity contribution in [2.75, 3.05) is 0 Å². The maximum Gasteiger partial charge on any atom is 0.263 e. The molecule has 3 N–H and O–H groups in total. The van der Waals surface area contributed by atoms with Crippen LogP contribution in [0.3, 0.4) is 0 Å². The summed E-state index contributed by atoms with van der Waals surface area (Å²) in [4.78, 5) is 38.3. The number of fused-ring (bicyclic) bond motifs is 1. The molecule has 6 nitrogen and oxygen atoms in total. The third-order valence-electron chi connectivity index (χ3n) is 3.58. The highest BCUT2D eigenvalue weighted by atomic mass is 35.5. The summed E-state index contributed by atoms with van der Waals surface area (Å²) >= 11 is 24.0. The number of carbonyl (C=O) groups is 3. The molecule has 0 aliphatic carbocycles. The Morgan fingerprint density at radius 1 is 1.00 bits per heavy atom. The molecule has 0 fully saturated rings. The number of amides is 3. The van der Waals surface area contributed by atoms with Crippen LogP contribution in [0.2, 0.25) is 20.1 Å². The normalized spacial score (nSPS) is 15.1. The SMILES string of the molecule is CC(C)CC(C(=O)NN)N1C(=O)c2c(Cl)c(Cl)c(Cl)c(Cl)c2C1=O. The Hall–Kier alpha value is -1.05. The fourth-order valence-corrected chi connectivity index (χ4v) is 3.54. The highest BCUT2D eigenvalue weighted by Gasteiger charge is 2.46. The molecule has 0 spiro atoms. The first kappa shape index (κ1) is 19.3. The maximum atomic E-state index is 12.7. The lowest BCUT2D eigenvalue weighted by molar-refractivity contribution is -0.125. The Morgan fingerprint density at radius 3 is 1.75 bits per heavy atom. The summed E-state index contributed by atoms with van der Waals surface area (Å²) in [5, 5.41) is -0.626. The predicted octanol–water partition coefficient (Wildman–Crippen LogP) is 3.30. The molecule has 3 amide bonds. The summed E-state index contributed by atoms with van der Waals surface area (Å²) < 4.78 is 0. The quantitative estimate of drug-likeness (QED) is 0.198. The molecule has 130 valence electrons. The standard InChI is InChI=1S/C14H13Cl4N3O3/c1-4(2)3-5(12(22)20-19)21-13(23)6-7(14(21)24)9(16)11(18)10(17)8(6)15/h4-5H,3,19H2,1-2H3,(H,20,22). The zero-order chi connectivity index (χ0) is 18.3. The van der Waals surface area contributed by atoms with E-state index in [1.807, 2.05) is 19.3 Å². The van der Waals surface area contributed by atoms with Gasteiger partial charge in [0.2, 0.25) is 0 Å². The lowest BCUT2D eigenvalue weighted by Crippen LogP contribution is -2.51. The summed E-state index contributed by atoms with van der Waals surface area (Å²) in [5.41, 5.74) is 1.63. The van der Waals surface area contributed by atoms with Crippen molar-refractivity contribution in [1.82, 2.24) is 10.3 Å². The van der Waals surface area contributed by atoms with Gasteiger partial charge < -0.3 is 0 Å². The van der Waals surface area contributed by atoms with E-state index in [9.17, 15) is 14.4 Å². The molecule has 1 atom stereocenters. The van der Waals surface area contributed by atoms with Gasteiger partial charge in [0, 0.05) is 0 Å². The number of nitrogens with zero attached hydrogens (tertiary/aromatic N) is 1. The smallest absolute Gasteiger partial charge is 0.263 e. The summed E-state index contributed by atoms with van der Waals surface area (Å²) in [6, 6.07) is -1.10. The highest BCUT2D eigenvalue weighted by Crippen LogP contribution is 2.45. The summed E-state index contributed by atoms with van der Waals surface area (Å²) in [6.07, 6.45) is 0.213. The summed E-state index contributed by atoms with van der Waals surface area (Å²) in [7, 11) is 0. The number of carbonyl (C=O) groups excluding carboxylic acids is 3. The molecule has 0 radical (unpaired) electrons. The monoisotopic (exact) mass is 411 g/mol. The van der Waals surface area contributed by atoms with Crippen LogP contribution in [0.1, 0.15) is 41.0 Å². The highest BCUT2D eigenvalue weighted by molar-refractivity contribution is 6.55. The van der Waals surface area contributed by atoms with Gasteiger partial charge in [0.25, 0.3) is 17.7 Å². The molecule has 2 rings (SSSR count). The van der Waals surface area contributed by atoms with Gasteiger partial charge in [-0.2, -0.15) is 0 Å². The minimum absolute atomic E-state index is 0.00901. The fraction of sp³-hybridized carbons (Fsp3) is 0.357. The Kier molecular flexibility index (Phi) is 5.67. The largest absolute Gasteiger partial charge is 0.292 e. The number of hydrogen-bond donors (Lipinski definition) is 2. The minimum Gasteiger partial charge on any atom is -0.292 e. The number of rotatable bonds is 4. The van der Waals surface area contributed by atoms with Crippen molar-refractivity contribution in [2.45, 2.75) is 26.3 Å². The number of benzene rings is 1. The number of hydrogen-bond acceptors (Lipinski definition) is 4. The van der Waals surface area contributed by atoms with E-state index in [0.29, 0.717) is 0 Å². The second kappa shape index (κ2) is 7.06. The number of nitrogens with two attached hydrogens (primary N) is 1. The Balaban J connectivity index is 2.63. The van der Waals surface area contributed by atoms with Gasteiger partial charge in [0.1, 0.15) is 6.04 Å². The Labute approximate surface area is 158 Å². The molecule has 0 bridgehead atoms. The van der Waals surface area contributed by atoms with Crippen LogP contribution in [-0.4, -0.2) is 28.7 Å². The number of hydrazine groups is 1. The van der Waals surface area contributed by atoms with Crippen LogP contribution in [-0.2, 0) is 4.79 Å².